The Kier molecular flexibility index (Phi) is 1.85. The minimum Gasteiger partial charge on any atom is -0.506 e. The highest BCUT2D eigenvalue weighted by molar-refractivity contribution is 6.35. The first kappa shape index (κ1) is 8.32. The summed E-state index contributed by atoms with van der Waals surface area (Å²) in [6, 6.07) is 5.39. The summed E-state index contributed by atoms with van der Waals surface area (Å²) < 4.78 is 0. The van der Waals surface area contributed by atoms with Crippen molar-refractivity contribution in [2.75, 3.05) is 0 Å². The number of hydrogen-bond acceptors (Lipinski definition) is 2. The molecule has 0 saturated heterocycles. The zero-order valence-corrected chi connectivity index (χ0v) is 7.84. The van der Waals surface area contributed by atoms with E-state index in [-0.39, 0.29) is 5.75 Å². The fourth-order valence-electron chi connectivity index (χ4n) is 1.31. The van der Waals surface area contributed by atoms with Crippen LogP contribution >= 0.6 is 11.6 Å². The van der Waals surface area contributed by atoms with Gasteiger partial charge in [0.15, 0.2) is 0 Å². The molecule has 1 aromatic heterocycles. The molecule has 0 atom stereocenters. The van der Waals surface area contributed by atoms with Gasteiger partial charge in [-0.2, -0.15) is 0 Å². The Bertz CT molecular complexity index is 468. The van der Waals surface area contributed by atoms with E-state index in [9.17, 15) is 5.11 Å². The normalized spacial score (nSPS) is 10.6. The molecule has 1 aromatic carbocycles. The number of aromatic nitrogens is 1. The van der Waals surface area contributed by atoms with E-state index < -0.39 is 0 Å². The van der Waals surface area contributed by atoms with Crippen LogP contribution in [0.3, 0.4) is 0 Å². The minimum absolute atomic E-state index is 0.165. The second-order valence-corrected chi connectivity index (χ2v) is 3.36. The van der Waals surface area contributed by atoms with E-state index in [0.29, 0.717) is 5.02 Å². The van der Waals surface area contributed by atoms with Gasteiger partial charge in [-0.05, 0) is 24.6 Å². The first-order valence-electron chi connectivity index (χ1n) is 3.92. The molecule has 2 aromatic rings. The van der Waals surface area contributed by atoms with Crippen LogP contribution in [0, 0.1) is 6.92 Å². The lowest BCUT2D eigenvalue weighted by atomic mass is 10.1. The SMILES string of the molecule is Cc1ccc(Cl)c2ncc(O)cc12. The summed E-state index contributed by atoms with van der Waals surface area (Å²) in [6.45, 7) is 1.96. The molecule has 2 nitrogen and oxygen atoms in total. The van der Waals surface area contributed by atoms with Crippen molar-refractivity contribution in [1.82, 2.24) is 4.98 Å². The Morgan fingerprint density at radius 1 is 1.38 bits per heavy atom. The molecular weight excluding hydrogens is 186 g/mol. The number of benzene rings is 1. The molecule has 0 aliphatic rings. The molecular formula is C10H8ClNO. The fraction of sp³-hybridized carbons (Fsp3) is 0.100. The second kappa shape index (κ2) is 2.89. The maximum atomic E-state index is 9.24. The average molecular weight is 194 g/mol. The highest BCUT2D eigenvalue weighted by Crippen LogP contribution is 2.26. The van der Waals surface area contributed by atoms with Crippen molar-refractivity contribution >= 4 is 22.5 Å². The van der Waals surface area contributed by atoms with Crippen LogP contribution in [0.15, 0.2) is 24.4 Å². The van der Waals surface area contributed by atoms with Crippen molar-refractivity contribution in [3.05, 3.63) is 35.0 Å². The molecule has 0 unspecified atom stereocenters. The van der Waals surface area contributed by atoms with E-state index in [1.807, 2.05) is 19.1 Å². The van der Waals surface area contributed by atoms with Gasteiger partial charge in [0.1, 0.15) is 5.75 Å². The third-order valence-electron chi connectivity index (χ3n) is 2.00. The Balaban J connectivity index is 2.92. The van der Waals surface area contributed by atoms with E-state index >= 15 is 0 Å². The maximum absolute atomic E-state index is 9.24. The Morgan fingerprint density at radius 2 is 2.15 bits per heavy atom. The number of hydrogen-bond donors (Lipinski definition) is 1. The lowest BCUT2D eigenvalue weighted by molar-refractivity contribution is 0.474. The van der Waals surface area contributed by atoms with Gasteiger partial charge >= 0.3 is 0 Å². The van der Waals surface area contributed by atoms with Crippen molar-refractivity contribution in [3.63, 3.8) is 0 Å². The maximum Gasteiger partial charge on any atom is 0.134 e. The van der Waals surface area contributed by atoms with Gasteiger partial charge in [-0.3, -0.25) is 4.98 Å². The van der Waals surface area contributed by atoms with Gasteiger partial charge in [-0.15, -0.1) is 0 Å². The summed E-state index contributed by atoms with van der Waals surface area (Å²) in [5, 5.41) is 10.7. The molecule has 1 N–H and O–H groups in total. The summed E-state index contributed by atoms with van der Waals surface area (Å²) in [5.74, 6) is 0.165. The zero-order chi connectivity index (χ0) is 9.42. The summed E-state index contributed by atoms with van der Waals surface area (Å²) in [5.41, 5.74) is 1.79. The van der Waals surface area contributed by atoms with Crippen molar-refractivity contribution in [2.24, 2.45) is 0 Å². The van der Waals surface area contributed by atoms with E-state index in [1.54, 1.807) is 6.07 Å². The lowest BCUT2D eigenvalue weighted by Gasteiger charge is -2.03. The molecule has 0 aliphatic heterocycles. The molecule has 13 heavy (non-hydrogen) atoms. The summed E-state index contributed by atoms with van der Waals surface area (Å²) in [7, 11) is 0. The minimum atomic E-state index is 0.165. The van der Waals surface area contributed by atoms with Gasteiger partial charge in [0.2, 0.25) is 0 Å². The molecule has 2 rings (SSSR count). The van der Waals surface area contributed by atoms with Crippen LogP contribution in [0.4, 0.5) is 0 Å². The van der Waals surface area contributed by atoms with Crippen molar-refractivity contribution in [2.45, 2.75) is 6.92 Å². The smallest absolute Gasteiger partial charge is 0.134 e. The first-order valence-corrected chi connectivity index (χ1v) is 4.30. The quantitative estimate of drug-likeness (QED) is 0.698. The molecule has 0 fully saturated rings. The molecule has 0 radical (unpaired) electrons. The number of fused-ring (bicyclic) bond motifs is 1. The van der Waals surface area contributed by atoms with Crippen LogP contribution in [0.25, 0.3) is 10.9 Å². The van der Waals surface area contributed by atoms with Crippen molar-refractivity contribution in [3.8, 4) is 5.75 Å². The van der Waals surface area contributed by atoms with E-state index in [2.05, 4.69) is 4.98 Å². The van der Waals surface area contributed by atoms with Gasteiger partial charge in [0.05, 0.1) is 16.7 Å². The van der Waals surface area contributed by atoms with Crippen LogP contribution in [0.2, 0.25) is 5.02 Å². The molecule has 66 valence electrons. The lowest BCUT2D eigenvalue weighted by Crippen LogP contribution is -1.83. The molecule has 0 bridgehead atoms. The van der Waals surface area contributed by atoms with Crippen LogP contribution < -0.4 is 0 Å². The third-order valence-corrected chi connectivity index (χ3v) is 2.31. The Labute approximate surface area is 80.8 Å². The topological polar surface area (TPSA) is 33.1 Å². The molecule has 0 saturated carbocycles. The Hall–Kier alpha value is -1.28. The molecule has 3 heteroatoms. The Morgan fingerprint density at radius 3 is 2.92 bits per heavy atom. The molecule has 0 spiro atoms. The van der Waals surface area contributed by atoms with Gasteiger partial charge in [-0.25, -0.2) is 0 Å². The van der Waals surface area contributed by atoms with Crippen molar-refractivity contribution in [1.29, 1.82) is 0 Å². The number of aromatic hydroxyl groups is 1. The summed E-state index contributed by atoms with van der Waals surface area (Å²) >= 11 is 5.94. The van der Waals surface area contributed by atoms with Crippen molar-refractivity contribution < 1.29 is 5.11 Å². The predicted octanol–water partition coefficient (Wildman–Crippen LogP) is 2.90. The number of nitrogens with zero attached hydrogens (tertiary/aromatic N) is 1. The zero-order valence-electron chi connectivity index (χ0n) is 7.08. The van der Waals surface area contributed by atoms with Gasteiger partial charge in [-0.1, -0.05) is 17.7 Å². The average Bonchev–Trinajstić information content (AvgIpc) is 2.12. The number of pyridine rings is 1. The highest BCUT2D eigenvalue weighted by atomic mass is 35.5. The summed E-state index contributed by atoms with van der Waals surface area (Å²) in [6.07, 6.45) is 1.40. The molecule has 0 aliphatic carbocycles. The predicted molar refractivity (Wildman–Crippen MR) is 53.2 cm³/mol. The number of halogens is 1. The van der Waals surface area contributed by atoms with Crippen LogP contribution in [-0.2, 0) is 0 Å². The standard InChI is InChI=1S/C10H8ClNO/c1-6-2-3-9(11)10-8(6)4-7(13)5-12-10/h2-5,13H,1H3. The second-order valence-electron chi connectivity index (χ2n) is 2.95. The summed E-state index contributed by atoms with van der Waals surface area (Å²) in [4.78, 5) is 4.06. The van der Waals surface area contributed by atoms with Gasteiger partial charge < -0.3 is 5.11 Å². The molecule has 1 heterocycles. The van der Waals surface area contributed by atoms with Gasteiger partial charge in [0, 0.05) is 5.39 Å². The van der Waals surface area contributed by atoms with E-state index in [0.717, 1.165) is 16.5 Å². The van der Waals surface area contributed by atoms with Gasteiger partial charge in [0.25, 0.3) is 0 Å². The van der Waals surface area contributed by atoms with Crippen LogP contribution in [-0.4, -0.2) is 10.1 Å². The monoisotopic (exact) mass is 193 g/mol. The van der Waals surface area contributed by atoms with Crippen LogP contribution in [0.5, 0.6) is 5.75 Å². The molecule has 0 amide bonds. The fourth-order valence-corrected chi connectivity index (χ4v) is 1.53. The van der Waals surface area contributed by atoms with E-state index in [1.165, 1.54) is 6.20 Å². The third kappa shape index (κ3) is 1.33. The number of rotatable bonds is 0. The highest BCUT2D eigenvalue weighted by Gasteiger charge is 2.03. The van der Waals surface area contributed by atoms with E-state index in [4.69, 9.17) is 11.6 Å². The van der Waals surface area contributed by atoms with Crippen LogP contribution in [0.1, 0.15) is 5.56 Å². The first-order chi connectivity index (χ1) is 6.18. The largest absolute Gasteiger partial charge is 0.506 e. The number of aryl methyl sites for hydroxylation is 1.